The summed E-state index contributed by atoms with van der Waals surface area (Å²) in [6.45, 7) is -2.14. The monoisotopic (exact) mass is 398 g/mol. The van der Waals surface area contributed by atoms with Crippen molar-refractivity contribution in [2.24, 2.45) is 0 Å². The van der Waals surface area contributed by atoms with Gasteiger partial charge in [-0.1, -0.05) is 12.1 Å². The van der Waals surface area contributed by atoms with Crippen molar-refractivity contribution >= 4 is 23.2 Å². The maximum absolute atomic E-state index is 12.2. The first kappa shape index (κ1) is 20.6. The van der Waals surface area contributed by atoms with Gasteiger partial charge in [-0.25, -0.2) is 0 Å². The van der Waals surface area contributed by atoms with Gasteiger partial charge in [0.05, 0.1) is 22.4 Å². The quantitative estimate of drug-likeness (QED) is 0.566. The Hall–Kier alpha value is -3.70. The van der Waals surface area contributed by atoms with Gasteiger partial charge in [0, 0.05) is 12.1 Å². The van der Waals surface area contributed by atoms with E-state index in [0.717, 1.165) is 22.9 Å². The zero-order valence-electron chi connectivity index (χ0n) is 14.0. The maximum atomic E-state index is 12.2. The number of carbonyl (C=O) groups is 2. The average molecular weight is 398 g/mol. The van der Waals surface area contributed by atoms with E-state index in [9.17, 15) is 37.7 Å². The number of benzene rings is 1. The lowest BCUT2D eigenvalue weighted by Gasteiger charge is -2.13. The molecule has 0 saturated carbocycles. The minimum atomic E-state index is -4.60. The van der Waals surface area contributed by atoms with E-state index < -0.39 is 47.3 Å². The Kier molecular flexibility index (Phi) is 6.13. The molecule has 0 fully saturated rings. The number of nitrogens with one attached hydrogen (secondary N) is 2. The number of pyridine rings is 1. The van der Waals surface area contributed by atoms with Crippen molar-refractivity contribution in [3.05, 3.63) is 68.6 Å². The summed E-state index contributed by atoms with van der Waals surface area (Å²) < 4.78 is 37.5. The third-order valence-corrected chi connectivity index (χ3v) is 3.39. The fourth-order valence-corrected chi connectivity index (χ4v) is 2.16. The van der Waals surface area contributed by atoms with Crippen LogP contribution in [0.1, 0.15) is 10.4 Å². The van der Waals surface area contributed by atoms with Crippen LogP contribution in [0.25, 0.3) is 0 Å². The molecule has 1 heterocycles. The molecule has 1 aromatic carbocycles. The van der Waals surface area contributed by atoms with Crippen molar-refractivity contribution in [1.82, 2.24) is 9.88 Å². The second-order valence-electron chi connectivity index (χ2n) is 5.50. The first-order valence-corrected chi connectivity index (χ1v) is 7.65. The van der Waals surface area contributed by atoms with Gasteiger partial charge < -0.3 is 10.6 Å². The van der Waals surface area contributed by atoms with Gasteiger partial charge in [0.1, 0.15) is 13.1 Å². The van der Waals surface area contributed by atoms with Crippen molar-refractivity contribution in [3.8, 4) is 0 Å². The number of halogens is 3. The zero-order valence-corrected chi connectivity index (χ0v) is 14.0. The molecule has 2 rings (SSSR count). The van der Waals surface area contributed by atoms with Crippen LogP contribution in [-0.2, 0) is 11.3 Å². The van der Waals surface area contributed by atoms with Crippen molar-refractivity contribution < 1.29 is 27.7 Å². The lowest BCUT2D eigenvalue weighted by molar-refractivity contribution is -0.385. The van der Waals surface area contributed by atoms with E-state index in [4.69, 9.17) is 0 Å². The summed E-state index contributed by atoms with van der Waals surface area (Å²) in [4.78, 5) is 45.8. The molecule has 28 heavy (non-hydrogen) atoms. The Bertz CT molecular complexity index is 971. The Balaban J connectivity index is 2.15. The third-order valence-electron chi connectivity index (χ3n) is 3.39. The van der Waals surface area contributed by atoms with Gasteiger partial charge in [0.2, 0.25) is 5.91 Å². The van der Waals surface area contributed by atoms with E-state index in [1.807, 2.05) is 0 Å². The highest BCUT2D eigenvalue weighted by Gasteiger charge is 2.28. The average Bonchev–Trinajstić information content (AvgIpc) is 2.61. The van der Waals surface area contributed by atoms with Crippen molar-refractivity contribution in [1.29, 1.82) is 0 Å². The van der Waals surface area contributed by atoms with E-state index in [0.29, 0.717) is 0 Å². The molecule has 0 saturated heterocycles. The lowest BCUT2D eigenvalue weighted by Crippen LogP contribution is -2.34. The number of hydrogen-bond acceptors (Lipinski definition) is 5. The Labute approximate surface area is 154 Å². The first-order chi connectivity index (χ1) is 13.1. The fraction of sp³-hybridized carbons (Fsp3) is 0.188. The molecular weight excluding hydrogens is 385 g/mol. The topological polar surface area (TPSA) is 123 Å². The molecule has 2 N–H and O–H groups in total. The van der Waals surface area contributed by atoms with Gasteiger partial charge in [0.25, 0.3) is 17.2 Å². The molecule has 0 unspecified atom stereocenters. The highest BCUT2D eigenvalue weighted by Crippen LogP contribution is 2.17. The maximum Gasteiger partial charge on any atom is 0.405 e. The van der Waals surface area contributed by atoms with Crippen LogP contribution in [0.4, 0.5) is 24.5 Å². The van der Waals surface area contributed by atoms with Crippen molar-refractivity contribution in [2.45, 2.75) is 12.7 Å². The van der Waals surface area contributed by atoms with E-state index in [-0.39, 0.29) is 11.3 Å². The molecule has 12 heteroatoms. The van der Waals surface area contributed by atoms with Crippen LogP contribution in [-0.4, -0.2) is 34.0 Å². The van der Waals surface area contributed by atoms with Crippen LogP contribution < -0.4 is 16.2 Å². The molecule has 0 radical (unpaired) electrons. The SMILES string of the molecule is O=C(Cn1cc([N+](=O)[O-])ccc1=O)Nc1ccccc1C(=O)NCC(F)(F)F. The molecule has 9 nitrogen and oxygen atoms in total. The number of nitro groups is 1. The minimum absolute atomic E-state index is 0.0781. The molecule has 0 aliphatic rings. The van der Waals surface area contributed by atoms with Crippen LogP contribution in [0.2, 0.25) is 0 Å². The molecule has 0 spiro atoms. The van der Waals surface area contributed by atoms with Crippen LogP contribution >= 0.6 is 0 Å². The molecule has 0 atom stereocenters. The van der Waals surface area contributed by atoms with Gasteiger partial charge in [-0.2, -0.15) is 13.2 Å². The van der Waals surface area contributed by atoms with Gasteiger partial charge in [-0.05, 0) is 12.1 Å². The summed E-state index contributed by atoms with van der Waals surface area (Å²) in [5.41, 5.74) is -1.37. The van der Waals surface area contributed by atoms with Crippen LogP contribution in [0.5, 0.6) is 0 Å². The zero-order chi connectivity index (χ0) is 20.9. The lowest BCUT2D eigenvalue weighted by atomic mass is 10.1. The summed E-state index contributed by atoms with van der Waals surface area (Å²) >= 11 is 0. The number of anilines is 1. The summed E-state index contributed by atoms with van der Waals surface area (Å²) in [5, 5.41) is 14.7. The molecular formula is C16H13F3N4O5. The summed E-state index contributed by atoms with van der Waals surface area (Å²) in [7, 11) is 0. The number of hydrogen-bond donors (Lipinski definition) is 2. The number of amides is 2. The fourth-order valence-electron chi connectivity index (χ4n) is 2.16. The Morgan fingerprint density at radius 2 is 1.82 bits per heavy atom. The van der Waals surface area contributed by atoms with Gasteiger partial charge in [0.15, 0.2) is 0 Å². The molecule has 0 bridgehead atoms. The van der Waals surface area contributed by atoms with Gasteiger partial charge in [-0.3, -0.25) is 29.1 Å². The predicted molar refractivity (Wildman–Crippen MR) is 90.8 cm³/mol. The third kappa shape index (κ3) is 5.65. The molecule has 148 valence electrons. The number of alkyl halides is 3. The van der Waals surface area contributed by atoms with Crippen molar-refractivity contribution in [3.63, 3.8) is 0 Å². The predicted octanol–water partition coefficient (Wildman–Crippen LogP) is 1.69. The van der Waals surface area contributed by atoms with Crippen LogP contribution in [0.15, 0.2) is 47.4 Å². The summed E-state index contributed by atoms with van der Waals surface area (Å²) in [5.74, 6) is -1.86. The van der Waals surface area contributed by atoms with Gasteiger partial charge >= 0.3 is 6.18 Å². The van der Waals surface area contributed by atoms with E-state index in [2.05, 4.69) is 5.32 Å². The number of carbonyl (C=O) groups excluding carboxylic acids is 2. The Morgan fingerprint density at radius 1 is 1.14 bits per heavy atom. The number of para-hydroxylation sites is 1. The van der Waals surface area contributed by atoms with E-state index in [1.54, 1.807) is 5.32 Å². The van der Waals surface area contributed by atoms with Gasteiger partial charge in [-0.15, -0.1) is 0 Å². The smallest absolute Gasteiger partial charge is 0.343 e. The minimum Gasteiger partial charge on any atom is -0.343 e. The molecule has 2 amide bonds. The number of aromatic nitrogens is 1. The standard InChI is InChI=1S/C16H13F3N4O5/c17-16(18,19)9-20-15(26)11-3-1-2-4-12(11)21-13(24)8-22-7-10(23(27)28)5-6-14(22)25/h1-7H,8-9H2,(H,20,26)(H,21,24). The summed E-state index contributed by atoms with van der Waals surface area (Å²) in [6.07, 6.45) is -3.72. The second kappa shape index (κ2) is 8.33. The van der Waals surface area contributed by atoms with E-state index >= 15 is 0 Å². The van der Waals surface area contributed by atoms with Crippen LogP contribution in [0, 0.1) is 10.1 Å². The molecule has 1 aromatic heterocycles. The number of rotatable bonds is 6. The molecule has 2 aromatic rings. The first-order valence-electron chi connectivity index (χ1n) is 7.65. The van der Waals surface area contributed by atoms with Crippen LogP contribution in [0.3, 0.4) is 0 Å². The van der Waals surface area contributed by atoms with E-state index in [1.165, 1.54) is 24.3 Å². The molecule has 0 aliphatic carbocycles. The van der Waals surface area contributed by atoms with Crippen molar-refractivity contribution in [2.75, 3.05) is 11.9 Å². The number of nitrogens with zero attached hydrogens (tertiary/aromatic N) is 2. The largest absolute Gasteiger partial charge is 0.405 e. The molecule has 0 aliphatic heterocycles. The highest BCUT2D eigenvalue weighted by molar-refractivity contribution is 6.03. The second-order valence-corrected chi connectivity index (χ2v) is 5.50. The highest BCUT2D eigenvalue weighted by atomic mass is 19.4. The normalized spacial score (nSPS) is 11.0. The summed E-state index contributed by atoms with van der Waals surface area (Å²) in [6, 6.07) is 7.23. The Morgan fingerprint density at radius 3 is 2.46 bits per heavy atom.